The summed E-state index contributed by atoms with van der Waals surface area (Å²) in [4.78, 5) is 2.59. The molecule has 0 amide bonds. The van der Waals surface area contributed by atoms with Crippen molar-refractivity contribution in [1.82, 2.24) is 0 Å². The number of fused-ring (bicyclic) bond motifs is 3. The molecule has 0 heterocycles. The van der Waals surface area contributed by atoms with Crippen molar-refractivity contribution in [3.05, 3.63) is 232 Å². The van der Waals surface area contributed by atoms with Gasteiger partial charge in [0.05, 0.1) is 11.1 Å². The van der Waals surface area contributed by atoms with Gasteiger partial charge in [-0.1, -0.05) is 290 Å². The lowest BCUT2D eigenvalue weighted by molar-refractivity contribution is 0.442. The first-order valence-electron chi connectivity index (χ1n) is 32.7. The maximum absolute atomic E-state index is 2.82. The summed E-state index contributed by atoms with van der Waals surface area (Å²) in [6, 6.07) is 72.0. The van der Waals surface area contributed by atoms with E-state index in [1.165, 1.54) is 213 Å². The lowest BCUT2D eigenvalue weighted by atomic mass is 9.67. The average Bonchev–Trinajstić information content (AvgIpc) is 2.54. The van der Waals surface area contributed by atoms with Gasteiger partial charge in [0.2, 0.25) is 0 Å². The monoisotopic (exact) mass is 1080 g/mol. The average molecular weight is 1080 g/mol. The molecule has 8 aromatic carbocycles. The van der Waals surface area contributed by atoms with Gasteiger partial charge in [-0.15, -0.1) is 0 Å². The second-order valence-corrected chi connectivity index (χ2v) is 27.6. The summed E-state index contributed by atoms with van der Waals surface area (Å²) in [7, 11) is 0. The Hall–Kier alpha value is -6.44. The number of rotatable bonds is 10. The Kier molecular flexibility index (Phi) is 16.7. The van der Waals surface area contributed by atoms with Crippen molar-refractivity contribution in [2.45, 2.75) is 210 Å². The predicted octanol–water partition coefficient (Wildman–Crippen LogP) is 23.9. The molecule has 0 aliphatic heterocycles. The number of para-hydroxylation sites is 1. The Morgan fingerprint density at radius 1 is 0.341 bits per heavy atom. The molecule has 0 radical (unpaired) electrons. The summed E-state index contributed by atoms with van der Waals surface area (Å²) in [5.74, 6) is 1.89. The molecule has 0 spiro atoms. The fraction of sp³-hybridized carbons (Fsp3) is 0.407. The predicted molar refractivity (Wildman–Crippen MR) is 352 cm³/mol. The van der Waals surface area contributed by atoms with Gasteiger partial charge in [-0.05, 0) is 175 Å². The highest BCUT2D eigenvalue weighted by Crippen LogP contribution is 2.58. The van der Waals surface area contributed by atoms with Crippen LogP contribution in [-0.2, 0) is 16.2 Å². The third kappa shape index (κ3) is 11.4. The molecule has 3 saturated carbocycles. The highest BCUT2D eigenvalue weighted by Gasteiger charge is 2.47. The summed E-state index contributed by atoms with van der Waals surface area (Å²) in [5, 5.41) is 0. The zero-order chi connectivity index (χ0) is 56.3. The minimum atomic E-state index is -0.563. The first-order valence-corrected chi connectivity index (χ1v) is 32.7. The van der Waals surface area contributed by atoms with Crippen LogP contribution in [0.3, 0.4) is 0 Å². The maximum Gasteiger partial charge on any atom is 0.0714 e. The quantitative estimate of drug-likeness (QED) is 0.132. The van der Waals surface area contributed by atoms with Crippen LogP contribution in [0, 0.1) is 0 Å². The van der Waals surface area contributed by atoms with Crippen molar-refractivity contribution in [1.29, 1.82) is 0 Å². The van der Waals surface area contributed by atoms with Crippen molar-refractivity contribution < 1.29 is 0 Å². The van der Waals surface area contributed by atoms with Crippen LogP contribution >= 0.6 is 0 Å². The van der Waals surface area contributed by atoms with Gasteiger partial charge in [0.15, 0.2) is 0 Å². The van der Waals surface area contributed by atoms with Crippen molar-refractivity contribution in [2.24, 2.45) is 0 Å². The molecular weight excluding hydrogens is 987 g/mol. The summed E-state index contributed by atoms with van der Waals surface area (Å²) >= 11 is 0. The smallest absolute Gasteiger partial charge is 0.0714 e. The van der Waals surface area contributed by atoms with E-state index in [4.69, 9.17) is 0 Å². The summed E-state index contributed by atoms with van der Waals surface area (Å²) in [5.41, 5.74) is 24.1. The van der Waals surface area contributed by atoms with Crippen molar-refractivity contribution in [3.63, 3.8) is 0 Å². The highest BCUT2D eigenvalue weighted by molar-refractivity contribution is 5.93. The zero-order valence-electron chi connectivity index (χ0n) is 50.8. The Morgan fingerprint density at radius 3 is 1.28 bits per heavy atom. The van der Waals surface area contributed by atoms with Crippen molar-refractivity contribution >= 4 is 17.1 Å². The van der Waals surface area contributed by atoms with Gasteiger partial charge >= 0.3 is 0 Å². The lowest BCUT2D eigenvalue weighted by Gasteiger charge is -2.36. The van der Waals surface area contributed by atoms with Crippen LogP contribution in [-0.4, -0.2) is 0 Å². The third-order valence-corrected chi connectivity index (χ3v) is 20.2. The molecule has 0 unspecified atom stereocenters. The largest absolute Gasteiger partial charge is 0.310 e. The molecule has 422 valence electrons. The van der Waals surface area contributed by atoms with Gasteiger partial charge in [0.1, 0.15) is 0 Å². The Morgan fingerprint density at radius 2 is 0.768 bits per heavy atom. The van der Waals surface area contributed by atoms with E-state index < -0.39 is 5.41 Å². The van der Waals surface area contributed by atoms with Crippen LogP contribution in [0.2, 0.25) is 0 Å². The third-order valence-electron chi connectivity index (χ3n) is 20.2. The van der Waals surface area contributed by atoms with Crippen LogP contribution < -0.4 is 4.90 Å². The van der Waals surface area contributed by atoms with Crippen molar-refractivity contribution in [2.75, 3.05) is 4.90 Å². The molecule has 4 aliphatic carbocycles. The minimum Gasteiger partial charge on any atom is -0.310 e. The SMILES string of the molecule is CC(C)(C)c1ccc(C2(c3ccc(C(C)(C)C)cc3)c3ccccc3-c3ccc(N(c4ccc(-c5c(C6CCCCCCC6)cc(C6CCCCCCC6)cc5C5CCCCCCC5)cc4)c4ccccc4-c4ccccc4)cc32)cc1. The second-order valence-electron chi connectivity index (χ2n) is 27.6. The van der Waals surface area contributed by atoms with Gasteiger partial charge in [-0.25, -0.2) is 0 Å². The number of hydrogen-bond donors (Lipinski definition) is 0. The van der Waals surface area contributed by atoms with Crippen LogP contribution in [0.5, 0.6) is 0 Å². The molecule has 0 atom stereocenters. The van der Waals surface area contributed by atoms with Gasteiger partial charge in [-0.3, -0.25) is 0 Å². The summed E-state index contributed by atoms with van der Waals surface area (Å²) < 4.78 is 0. The van der Waals surface area contributed by atoms with E-state index in [1.807, 2.05) is 0 Å². The first-order chi connectivity index (χ1) is 40.0. The normalized spacial score (nSPS) is 17.8. The van der Waals surface area contributed by atoms with E-state index in [9.17, 15) is 0 Å². The van der Waals surface area contributed by atoms with E-state index in [-0.39, 0.29) is 10.8 Å². The van der Waals surface area contributed by atoms with Crippen LogP contribution in [0.4, 0.5) is 17.1 Å². The van der Waals surface area contributed by atoms with Gasteiger partial charge in [0, 0.05) is 16.9 Å². The lowest BCUT2D eigenvalue weighted by Crippen LogP contribution is -2.29. The van der Waals surface area contributed by atoms with Crippen LogP contribution in [0.25, 0.3) is 33.4 Å². The molecule has 0 bridgehead atoms. The first kappa shape index (κ1) is 56.1. The molecule has 1 heteroatoms. The Bertz CT molecular complexity index is 3290. The Balaban J connectivity index is 1.07. The van der Waals surface area contributed by atoms with E-state index in [2.05, 4.69) is 228 Å². The topological polar surface area (TPSA) is 3.24 Å². The number of benzene rings is 8. The molecule has 0 saturated heterocycles. The van der Waals surface area contributed by atoms with E-state index >= 15 is 0 Å². The molecular formula is C81H93N. The van der Waals surface area contributed by atoms with Crippen LogP contribution in [0.15, 0.2) is 182 Å². The summed E-state index contributed by atoms with van der Waals surface area (Å²) in [6.07, 6.45) is 28.6. The number of hydrogen-bond acceptors (Lipinski definition) is 1. The molecule has 0 aromatic heterocycles. The zero-order valence-corrected chi connectivity index (χ0v) is 50.8. The maximum atomic E-state index is 2.82. The minimum absolute atomic E-state index is 0.0325. The fourth-order valence-electron chi connectivity index (χ4n) is 15.6. The molecule has 3 fully saturated rings. The second kappa shape index (κ2) is 24.4. The molecule has 8 aromatic rings. The Labute approximate surface area is 495 Å². The van der Waals surface area contributed by atoms with E-state index in [0.29, 0.717) is 17.8 Å². The van der Waals surface area contributed by atoms with E-state index in [0.717, 1.165) is 0 Å². The summed E-state index contributed by atoms with van der Waals surface area (Å²) in [6.45, 7) is 14.0. The molecule has 82 heavy (non-hydrogen) atoms. The van der Waals surface area contributed by atoms with Gasteiger partial charge in [0.25, 0.3) is 0 Å². The number of nitrogens with zero attached hydrogens (tertiary/aromatic N) is 1. The molecule has 1 nitrogen and oxygen atoms in total. The van der Waals surface area contributed by atoms with Gasteiger partial charge < -0.3 is 4.90 Å². The highest BCUT2D eigenvalue weighted by atomic mass is 15.1. The standard InChI is InChI=1S/C81H93N/c1-79(2,3)64-43-47-66(48-44-64)81(67-49-45-65(46-50-67)80(4,5)6)75-39-27-25-38-71(75)72-54-53-69(57-76(72)81)82(77-40-28-26-37-70(77)59-31-23-16-24-32-59)68-51-41-62(42-52-68)78-73(60-33-19-12-8-13-20-34-60)55-63(58-29-17-10-7-11-18-30-58)56-74(78)61-35-21-14-9-15-22-36-61/h16,23-28,31-32,37-58,60-61H,7-15,17-22,29-30,33-36H2,1-6H3. The molecule has 4 aliphatic rings. The fourth-order valence-corrected chi connectivity index (χ4v) is 15.6. The van der Waals surface area contributed by atoms with E-state index in [1.54, 1.807) is 22.3 Å². The molecule has 12 rings (SSSR count). The van der Waals surface area contributed by atoms with Crippen LogP contribution in [0.1, 0.15) is 244 Å². The van der Waals surface area contributed by atoms with Gasteiger partial charge in [-0.2, -0.15) is 0 Å². The van der Waals surface area contributed by atoms with Crippen molar-refractivity contribution in [3.8, 4) is 33.4 Å². The molecule has 0 N–H and O–H groups in total. The number of anilines is 3.